The lowest BCUT2D eigenvalue weighted by atomic mass is 9.96. The fraction of sp³-hybridized carbons (Fsp3) is 0.100. The summed E-state index contributed by atoms with van der Waals surface area (Å²) in [5, 5.41) is 0.844. The maximum absolute atomic E-state index is 12.0. The minimum Gasteiger partial charge on any atom is -0.463 e. The SMILES string of the molecule is CCOC(=O)C=C(c1ccccc1)c1ccc2[nH]c(C(N)=O)cc2c1. The Bertz CT molecular complexity index is 955. The van der Waals surface area contributed by atoms with E-state index >= 15 is 0 Å². The van der Waals surface area contributed by atoms with Crippen LogP contribution in [-0.4, -0.2) is 23.5 Å². The van der Waals surface area contributed by atoms with Crippen molar-refractivity contribution in [1.29, 1.82) is 0 Å². The summed E-state index contributed by atoms with van der Waals surface area (Å²) in [4.78, 5) is 26.3. The second-order valence-corrected chi connectivity index (χ2v) is 5.53. The van der Waals surface area contributed by atoms with Gasteiger partial charge in [-0.2, -0.15) is 0 Å². The number of aromatic amines is 1. The van der Waals surface area contributed by atoms with Crippen LogP contribution < -0.4 is 5.73 Å². The standard InChI is InChI=1S/C20H18N2O3/c1-2-25-19(23)12-16(13-6-4-3-5-7-13)14-8-9-17-15(10-14)11-18(22-17)20(21)24/h3-12,22H,2H2,1H3,(H2,21,24). The number of benzene rings is 2. The predicted octanol–water partition coefficient (Wildman–Crippen LogP) is 3.26. The number of nitrogens with two attached hydrogens (primary N) is 1. The Morgan fingerprint density at radius 1 is 1.08 bits per heavy atom. The van der Waals surface area contributed by atoms with Crippen LogP contribution in [0.3, 0.4) is 0 Å². The van der Waals surface area contributed by atoms with E-state index < -0.39 is 11.9 Å². The lowest BCUT2D eigenvalue weighted by Crippen LogP contribution is -2.10. The molecule has 3 rings (SSSR count). The van der Waals surface area contributed by atoms with E-state index in [1.807, 2.05) is 48.5 Å². The Balaban J connectivity index is 2.11. The van der Waals surface area contributed by atoms with Crippen LogP contribution in [0.15, 0.2) is 60.7 Å². The van der Waals surface area contributed by atoms with E-state index in [0.29, 0.717) is 12.3 Å². The van der Waals surface area contributed by atoms with Gasteiger partial charge in [0.15, 0.2) is 0 Å². The maximum atomic E-state index is 12.0. The first-order chi connectivity index (χ1) is 12.1. The van der Waals surface area contributed by atoms with Crippen molar-refractivity contribution >= 4 is 28.4 Å². The summed E-state index contributed by atoms with van der Waals surface area (Å²) in [7, 11) is 0. The molecule has 1 heterocycles. The van der Waals surface area contributed by atoms with Gasteiger partial charge in [-0.1, -0.05) is 36.4 Å². The van der Waals surface area contributed by atoms with E-state index in [2.05, 4.69) is 4.98 Å². The lowest BCUT2D eigenvalue weighted by Gasteiger charge is -2.09. The van der Waals surface area contributed by atoms with E-state index in [1.54, 1.807) is 13.0 Å². The number of ether oxygens (including phenoxy) is 1. The van der Waals surface area contributed by atoms with Gasteiger partial charge in [0.2, 0.25) is 0 Å². The first-order valence-corrected chi connectivity index (χ1v) is 7.95. The number of nitrogens with one attached hydrogen (secondary N) is 1. The molecular formula is C20H18N2O3. The van der Waals surface area contributed by atoms with E-state index in [0.717, 1.165) is 27.6 Å². The van der Waals surface area contributed by atoms with Crippen molar-refractivity contribution in [2.45, 2.75) is 6.92 Å². The molecule has 0 saturated carbocycles. The van der Waals surface area contributed by atoms with Crippen LogP contribution in [0.5, 0.6) is 0 Å². The molecule has 0 saturated heterocycles. The van der Waals surface area contributed by atoms with Crippen LogP contribution in [0.2, 0.25) is 0 Å². The van der Waals surface area contributed by atoms with Gasteiger partial charge in [0.25, 0.3) is 5.91 Å². The number of carbonyl (C=O) groups excluding carboxylic acids is 2. The van der Waals surface area contributed by atoms with Gasteiger partial charge in [0.1, 0.15) is 5.69 Å². The zero-order valence-electron chi connectivity index (χ0n) is 13.8. The van der Waals surface area contributed by atoms with Gasteiger partial charge in [0.05, 0.1) is 6.61 Å². The Morgan fingerprint density at radius 3 is 2.52 bits per heavy atom. The van der Waals surface area contributed by atoms with Crippen molar-refractivity contribution < 1.29 is 14.3 Å². The van der Waals surface area contributed by atoms with Gasteiger partial charge in [-0.15, -0.1) is 0 Å². The first-order valence-electron chi connectivity index (χ1n) is 7.95. The van der Waals surface area contributed by atoms with Crippen LogP contribution in [-0.2, 0) is 9.53 Å². The quantitative estimate of drug-likeness (QED) is 0.555. The molecule has 0 spiro atoms. The van der Waals surface area contributed by atoms with Gasteiger partial charge in [-0.05, 0) is 41.8 Å². The highest BCUT2D eigenvalue weighted by Gasteiger charge is 2.11. The molecule has 1 aromatic heterocycles. The second kappa shape index (κ2) is 7.05. The van der Waals surface area contributed by atoms with Crippen molar-refractivity contribution in [3.05, 3.63) is 77.5 Å². The Hall–Kier alpha value is -3.34. The number of esters is 1. The third kappa shape index (κ3) is 3.61. The summed E-state index contributed by atoms with van der Waals surface area (Å²) in [6.45, 7) is 2.08. The predicted molar refractivity (Wildman–Crippen MR) is 97.0 cm³/mol. The molecule has 2 aromatic carbocycles. The van der Waals surface area contributed by atoms with Gasteiger partial charge in [-0.25, -0.2) is 4.79 Å². The number of primary amides is 1. The molecule has 3 aromatic rings. The zero-order chi connectivity index (χ0) is 17.8. The van der Waals surface area contributed by atoms with Crippen LogP contribution >= 0.6 is 0 Å². The summed E-state index contributed by atoms with van der Waals surface area (Å²) in [6.07, 6.45) is 1.49. The topological polar surface area (TPSA) is 85.2 Å². The third-order valence-corrected chi connectivity index (χ3v) is 3.83. The average molecular weight is 334 g/mol. The number of fused-ring (bicyclic) bond motifs is 1. The lowest BCUT2D eigenvalue weighted by molar-refractivity contribution is -0.137. The molecule has 25 heavy (non-hydrogen) atoms. The Labute approximate surface area is 145 Å². The second-order valence-electron chi connectivity index (χ2n) is 5.53. The molecule has 0 radical (unpaired) electrons. The molecule has 0 unspecified atom stereocenters. The van der Waals surface area contributed by atoms with Crippen LogP contribution in [0, 0.1) is 0 Å². The summed E-state index contributed by atoms with van der Waals surface area (Å²) >= 11 is 0. The smallest absolute Gasteiger partial charge is 0.331 e. The molecule has 0 aliphatic heterocycles. The van der Waals surface area contributed by atoms with Gasteiger partial charge < -0.3 is 15.5 Å². The van der Waals surface area contributed by atoms with Crippen molar-refractivity contribution in [2.24, 2.45) is 5.73 Å². The molecule has 0 aliphatic rings. The van der Waals surface area contributed by atoms with Crippen molar-refractivity contribution in [3.8, 4) is 0 Å². The molecular weight excluding hydrogens is 316 g/mol. The minimum absolute atomic E-state index is 0.316. The molecule has 0 aliphatic carbocycles. The Morgan fingerprint density at radius 2 is 1.84 bits per heavy atom. The van der Waals surface area contributed by atoms with Crippen molar-refractivity contribution in [2.75, 3.05) is 6.61 Å². The molecule has 3 N–H and O–H groups in total. The molecule has 5 nitrogen and oxygen atoms in total. The average Bonchev–Trinajstić information content (AvgIpc) is 3.04. The van der Waals surface area contributed by atoms with Gasteiger partial charge >= 0.3 is 5.97 Å². The summed E-state index contributed by atoms with van der Waals surface area (Å²) in [6, 6.07) is 17.0. The largest absolute Gasteiger partial charge is 0.463 e. The normalized spacial score (nSPS) is 11.5. The fourth-order valence-corrected chi connectivity index (χ4v) is 2.69. The zero-order valence-corrected chi connectivity index (χ0v) is 13.8. The highest BCUT2D eigenvalue weighted by atomic mass is 16.5. The molecule has 5 heteroatoms. The molecule has 0 atom stereocenters. The Kier molecular flexibility index (Phi) is 4.66. The number of rotatable bonds is 5. The molecule has 0 bridgehead atoms. The van der Waals surface area contributed by atoms with Crippen molar-refractivity contribution in [3.63, 3.8) is 0 Å². The molecule has 1 amide bonds. The third-order valence-electron chi connectivity index (χ3n) is 3.83. The van der Waals surface area contributed by atoms with Gasteiger partial charge in [-0.3, -0.25) is 4.79 Å². The number of H-pyrrole nitrogens is 1. The van der Waals surface area contributed by atoms with Crippen molar-refractivity contribution in [1.82, 2.24) is 4.98 Å². The van der Waals surface area contributed by atoms with E-state index in [4.69, 9.17) is 10.5 Å². The number of hydrogen-bond donors (Lipinski definition) is 2. The summed E-state index contributed by atoms with van der Waals surface area (Å²) < 4.78 is 5.06. The fourth-order valence-electron chi connectivity index (χ4n) is 2.69. The summed E-state index contributed by atoms with van der Waals surface area (Å²) in [5.74, 6) is -0.906. The maximum Gasteiger partial charge on any atom is 0.331 e. The van der Waals surface area contributed by atoms with Crippen LogP contribution in [0.25, 0.3) is 16.5 Å². The molecule has 126 valence electrons. The number of aromatic nitrogens is 1. The first kappa shape index (κ1) is 16.5. The minimum atomic E-state index is -0.511. The molecule has 0 fully saturated rings. The number of carbonyl (C=O) groups is 2. The summed E-state index contributed by atoms with van der Waals surface area (Å²) in [5.41, 5.74) is 8.98. The van der Waals surface area contributed by atoms with E-state index in [1.165, 1.54) is 6.08 Å². The van der Waals surface area contributed by atoms with Crippen LogP contribution in [0.1, 0.15) is 28.5 Å². The van der Waals surface area contributed by atoms with Crippen LogP contribution in [0.4, 0.5) is 0 Å². The highest BCUT2D eigenvalue weighted by Crippen LogP contribution is 2.27. The van der Waals surface area contributed by atoms with E-state index in [-0.39, 0.29) is 0 Å². The van der Waals surface area contributed by atoms with Gasteiger partial charge in [0, 0.05) is 17.0 Å². The number of hydrogen-bond acceptors (Lipinski definition) is 3. The van der Waals surface area contributed by atoms with E-state index in [9.17, 15) is 9.59 Å². The number of amides is 1. The monoisotopic (exact) mass is 334 g/mol. The highest BCUT2D eigenvalue weighted by molar-refractivity contribution is 6.00.